The van der Waals surface area contributed by atoms with Crippen LogP contribution in [0.25, 0.3) is 0 Å². The van der Waals surface area contributed by atoms with Gasteiger partial charge in [0.1, 0.15) is 11.9 Å². The first-order valence-corrected chi connectivity index (χ1v) is 8.18. The number of rotatable bonds is 2. The molecule has 4 heterocycles. The van der Waals surface area contributed by atoms with E-state index >= 15 is 0 Å². The topological polar surface area (TPSA) is 88.9 Å². The Kier molecular flexibility index (Phi) is 3.64. The summed E-state index contributed by atoms with van der Waals surface area (Å²) in [4.78, 5) is 26.8. The molecular weight excluding hydrogens is 323 g/mol. The number of nitrogens with one attached hydrogen (secondary N) is 1. The Morgan fingerprint density at radius 1 is 1.28 bits per heavy atom. The van der Waals surface area contributed by atoms with Crippen LogP contribution < -0.4 is 15.4 Å². The molecule has 128 valence electrons. The third kappa shape index (κ3) is 2.61. The van der Waals surface area contributed by atoms with E-state index in [9.17, 15) is 14.4 Å². The molecule has 2 aromatic rings. The molecule has 0 saturated carbocycles. The maximum atomic E-state index is 13.5. The van der Waals surface area contributed by atoms with Crippen LogP contribution in [-0.4, -0.2) is 41.1 Å². The lowest BCUT2D eigenvalue weighted by molar-refractivity contribution is 0.533. The Bertz CT molecular complexity index is 906. The molecule has 2 fully saturated rings. The van der Waals surface area contributed by atoms with Crippen LogP contribution in [0.4, 0.5) is 16.2 Å². The van der Waals surface area contributed by atoms with Gasteiger partial charge in [0, 0.05) is 44.2 Å². The average Bonchev–Trinajstić information content (AvgIpc) is 3.18. The summed E-state index contributed by atoms with van der Waals surface area (Å²) in [5.41, 5.74) is -0.0302. The first kappa shape index (κ1) is 15.6. The van der Waals surface area contributed by atoms with Gasteiger partial charge in [0.05, 0.1) is 11.3 Å². The number of hydrogen-bond donors (Lipinski definition) is 1. The lowest BCUT2D eigenvalue weighted by Gasteiger charge is -2.23. The van der Waals surface area contributed by atoms with Gasteiger partial charge in [0.25, 0.3) is 5.56 Å². The Morgan fingerprint density at radius 2 is 1.96 bits per heavy atom. The molecule has 2 aliphatic rings. The first-order chi connectivity index (χ1) is 12.1. The van der Waals surface area contributed by atoms with E-state index in [4.69, 9.17) is 0 Å². The van der Waals surface area contributed by atoms with Gasteiger partial charge >= 0.3 is 0 Å². The van der Waals surface area contributed by atoms with Crippen LogP contribution in [0, 0.1) is 35.9 Å². The normalized spacial score (nSPS) is 22.1. The number of aromatic amines is 1. The summed E-state index contributed by atoms with van der Waals surface area (Å²) < 4.78 is 13.5. The van der Waals surface area contributed by atoms with Gasteiger partial charge in [0.2, 0.25) is 11.8 Å². The summed E-state index contributed by atoms with van der Waals surface area (Å²) in [6.07, 6.45) is 1.70. The number of aromatic nitrogens is 3. The number of aryl methyl sites for hydroxylation is 1. The molecular formula is C17H17FN6O. The van der Waals surface area contributed by atoms with Gasteiger partial charge in [-0.3, -0.25) is 9.78 Å². The lowest BCUT2D eigenvalue weighted by atomic mass is 10.0. The van der Waals surface area contributed by atoms with Crippen LogP contribution in [0.2, 0.25) is 0 Å². The first-order valence-electron chi connectivity index (χ1n) is 8.18. The summed E-state index contributed by atoms with van der Waals surface area (Å²) in [6, 6.07) is 5.73. The molecule has 0 bridgehead atoms. The number of halogens is 1. The third-order valence-electron chi connectivity index (χ3n) is 5.01. The minimum Gasteiger partial charge on any atom is -0.355 e. The van der Waals surface area contributed by atoms with Crippen molar-refractivity contribution in [2.45, 2.75) is 6.92 Å². The molecule has 0 aliphatic carbocycles. The van der Waals surface area contributed by atoms with Crippen molar-refractivity contribution in [2.24, 2.45) is 11.8 Å². The van der Waals surface area contributed by atoms with E-state index in [-0.39, 0.29) is 5.69 Å². The summed E-state index contributed by atoms with van der Waals surface area (Å²) in [7, 11) is 0. The van der Waals surface area contributed by atoms with Gasteiger partial charge < -0.3 is 9.80 Å². The molecule has 2 saturated heterocycles. The van der Waals surface area contributed by atoms with E-state index in [0.29, 0.717) is 23.3 Å². The zero-order chi connectivity index (χ0) is 17.6. The van der Waals surface area contributed by atoms with Crippen LogP contribution in [0.5, 0.6) is 0 Å². The van der Waals surface area contributed by atoms with Crippen molar-refractivity contribution < 1.29 is 4.39 Å². The van der Waals surface area contributed by atoms with Crippen LogP contribution in [0.15, 0.2) is 23.1 Å². The molecule has 0 radical (unpaired) electrons. The van der Waals surface area contributed by atoms with Crippen molar-refractivity contribution >= 4 is 11.8 Å². The largest absolute Gasteiger partial charge is 0.355 e. The maximum Gasteiger partial charge on any atom is 0.288 e. The molecule has 25 heavy (non-hydrogen) atoms. The Morgan fingerprint density at radius 3 is 2.60 bits per heavy atom. The molecule has 2 atom stereocenters. The highest BCUT2D eigenvalue weighted by molar-refractivity contribution is 5.54. The minimum atomic E-state index is -0.825. The van der Waals surface area contributed by atoms with Crippen LogP contribution in [0.1, 0.15) is 11.3 Å². The molecule has 7 nitrogen and oxygen atoms in total. The summed E-state index contributed by atoms with van der Waals surface area (Å²) in [6.45, 7) is 4.58. The molecule has 0 spiro atoms. The minimum absolute atomic E-state index is 0.115. The fraction of sp³-hybridized carbons (Fsp3) is 0.412. The molecule has 0 aromatic carbocycles. The highest BCUT2D eigenvalue weighted by atomic mass is 19.1. The highest BCUT2D eigenvalue weighted by Gasteiger charge is 2.41. The predicted molar refractivity (Wildman–Crippen MR) is 89.9 cm³/mol. The number of nitriles is 1. The number of nitrogens with zero attached hydrogens (tertiary/aromatic N) is 5. The smallest absolute Gasteiger partial charge is 0.288 e. The summed E-state index contributed by atoms with van der Waals surface area (Å²) >= 11 is 0. The zero-order valence-electron chi connectivity index (χ0n) is 13.7. The average molecular weight is 340 g/mol. The SMILES string of the molecule is Cc1nc(N2CC3CN(c4ncccc4C#N)CC3C2)[nH]c(=O)c1F. The van der Waals surface area contributed by atoms with Gasteiger partial charge in [-0.05, 0) is 19.1 Å². The molecule has 0 amide bonds. The number of fused-ring (bicyclic) bond motifs is 1. The van der Waals surface area contributed by atoms with Crippen molar-refractivity contribution in [1.82, 2.24) is 15.0 Å². The van der Waals surface area contributed by atoms with E-state index in [0.717, 1.165) is 32.0 Å². The Labute approximate surface area is 143 Å². The monoisotopic (exact) mass is 340 g/mol. The molecule has 4 rings (SSSR count). The summed E-state index contributed by atoms with van der Waals surface area (Å²) in [5.74, 6) is 1.12. The van der Waals surface area contributed by atoms with Crippen molar-refractivity contribution in [2.75, 3.05) is 36.0 Å². The molecule has 2 unspecified atom stereocenters. The second-order valence-corrected chi connectivity index (χ2v) is 6.61. The van der Waals surface area contributed by atoms with Crippen molar-refractivity contribution in [3.8, 4) is 6.07 Å². The molecule has 2 aromatic heterocycles. The van der Waals surface area contributed by atoms with E-state index < -0.39 is 11.4 Å². The fourth-order valence-corrected chi connectivity index (χ4v) is 3.78. The third-order valence-corrected chi connectivity index (χ3v) is 5.01. The molecule has 8 heteroatoms. The van der Waals surface area contributed by atoms with Crippen molar-refractivity contribution in [1.29, 1.82) is 5.26 Å². The van der Waals surface area contributed by atoms with Gasteiger partial charge in [-0.1, -0.05) is 0 Å². The lowest BCUT2D eigenvalue weighted by Crippen LogP contribution is -2.32. The quantitative estimate of drug-likeness (QED) is 0.879. The van der Waals surface area contributed by atoms with Crippen molar-refractivity contribution in [3.63, 3.8) is 0 Å². The maximum absolute atomic E-state index is 13.5. The summed E-state index contributed by atoms with van der Waals surface area (Å²) in [5, 5.41) is 9.25. The van der Waals surface area contributed by atoms with Crippen LogP contribution in [-0.2, 0) is 0 Å². The van der Waals surface area contributed by atoms with Crippen LogP contribution in [0.3, 0.4) is 0 Å². The van der Waals surface area contributed by atoms with E-state index in [2.05, 4.69) is 25.9 Å². The zero-order valence-corrected chi connectivity index (χ0v) is 13.7. The van der Waals surface area contributed by atoms with E-state index in [1.165, 1.54) is 6.92 Å². The van der Waals surface area contributed by atoms with Gasteiger partial charge in [0.15, 0.2) is 0 Å². The van der Waals surface area contributed by atoms with Crippen molar-refractivity contribution in [3.05, 3.63) is 45.8 Å². The molecule has 2 aliphatic heterocycles. The van der Waals surface area contributed by atoms with Gasteiger partial charge in [-0.2, -0.15) is 9.65 Å². The van der Waals surface area contributed by atoms with E-state index in [1.54, 1.807) is 18.3 Å². The second kappa shape index (κ2) is 5.84. The van der Waals surface area contributed by atoms with E-state index in [1.807, 2.05) is 4.90 Å². The number of H-pyrrole nitrogens is 1. The Balaban J connectivity index is 1.51. The standard InChI is InChI=1S/C17H17FN6O/c1-10-14(18)16(25)22-17(21-10)24-8-12-6-23(7-13(12)9-24)15-11(5-19)3-2-4-20-15/h2-4,12-13H,6-9H2,1H3,(H,21,22,25). The fourth-order valence-electron chi connectivity index (χ4n) is 3.78. The predicted octanol–water partition coefficient (Wildman–Crippen LogP) is 1.06. The number of anilines is 2. The van der Waals surface area contributed by atoms with Gasteiger partial charge in [-0.25, -0.2) is 9.97 Å². The van der Waals surface area contributed by atoms with Gasteiger partial charge in [-0.15, -0.1) is 0 Å². The number of pyridine rings is 1. The Hall–Kier alpha value is -2.95. The highest BCUT2D eigenvalue weighted by Crippen LogP contribution is 2.35. The molecule has 1 N–H and O–H groups in total. The number of hydrogen-bond acceptors (Lipinski definition) is 6. The van der Waals surface area contributed by atoms with Crippen LogP contribution >= 0.6 is 0 Å². The second-order valence-electron chi connectivity index (χ2n) is 6.61.